The molecule has 0 saturated heterocycles. The second-order valence-corrected chi connectivity index (χ2v) is 6.99. The molecule has 1 aromatic carbocycles. The average molecular weight is 452 g/mol. The number of benzene rings is 1. The van der Waals surface area contributed by atoms with E-state index in [-0.39, 0.29) is 0 Å². The monoisotopic (exact) mass is 452 g/mol. The van der Waals surface area contributed by atoms with Gasteiger partial charge in [-0.1, -0.05) is 0 Å². The molecular weight excluding hydrogens is 424 g/mol. The summed E-state index contributed by atoms with van der Waals surface area (Å²) in [5, 5.41) is 2.57. The Hall–Kier alpha value is -3.63. The first-order chi connectivity index (χ1) is 14.9. The molecule has 0 unspecified atom stereocenters. The van der Waals surface area contributed by atoms with E-state index in [1.165, 1.54) is 0 Å². The molecule has 0 saturated carbocycles. The minimum Gasteiger partial charge on any atom is -0.462 e. The Morgan fingerprint density at radius 3 is 1.78 bits per heavy atom. The number of ether oxygens (including phenoxy) is 4. The Labute approximate surface area is 185 Å². The summed E-state index contributed by atoms with van der Waals surface area (Å²) in [4.78, 5) is 61.0. The Bertz CT molecular complexity index is 836. The molecule has 0 heterocycles. The molecule has 0 aliphatic heterocycles. The number of hydrogen-bond donors (Lipinski definition) is 1. The number of amides is 1. The maximum absolute atomic E-state index is 13.0. The van der Waals surface area contributed by atoms with E-state index in [0.717, 1.165) is 33.4 Å². The molecular formula is C21H28N2O9. The molecule has 1 N–H and O–H groups in total. The Morgan fingerprint density at radius 1 is 0.812 bits per heavy atom. The van der Waals surface area contributed by atoms with Crippen LogP contribution in [0.3, 0.4) is 0 Å². The van der Waals surface area contributed by atoms with Gasteiger partial charge >= 0.3 is 23.9 Å². The summed E-state index contributed by atoms with van der Waals surface area (Å²) in [6, 6.07) is 6.76. The predicted molar refractivity (Wildman–Crippen MR) is 113 cm³/mol. The third kappa shape index (κ3) is 9.02. The molecule has 3 atom stereocenters. The van der Waals surface area contributed by atoms with Crippen LogP contribution in [0.1, 0.15) is 27.7 Å². The van der Waals surface area contributed by atoms with Gasteiger partial charge in [-0.05, 0) is 24.3 Å². The van der Waals surface area contributed by atoms with E-state index in [9.17, 15) is 24.0 Å². The lowest BCUT2D eigenvalue weighted by atomic mass is 10.1. The van der Waals surface area contributed by atoms with Crippen LogP contribution in [-0.4, -0.2) is 68.8 Å². The molecule has 0 aliphatic rings. The highest BCUT2D eigenvalue weighted by Crippen LogP contribution is 2.19. The summed E-state index contributed by atoms with van der Waals surface area (Å²) < 4.78 is 20.2. The molecule has 1 aromatic rings. The highest BCUT2D eigenvalue weighted by molar-refractivity contribution is 5.96. The number of carbonyl (C=O) groups excluding carboxylic acids is 5. The van der Waals surface area contributed by atoms with Gasteiger partial charge in [0.1, 0.15) is 6.61 Å². The fraction of sp³-hybridized carbons (Fsp3) is 0.476. The summed E-state index contributed by atoms with van der Waals surface area (Å²) in [6.45, 7) is 3.80. The van der Waals surface area contributed by atoms with E-state index < -0.39 is 54.7 Å². The molecule has 0 bridgehead atoms. The van der Waals surface area contributed by atoms with Crippen LogP contribution in [0.15, 0.2) is 24.3 Å². The topological polar surface area (TPSA) is 138 Å². The van der Waals surface area contributed by atoms with Crippen LogP contribution >= 0.6 is 0 Å². The quantitative estimate of drug-likeness (QED) is 0.405. The van der Waals surface area contributed by atoms with E-state index in [1.807, 2.05) is 19.0 Å². The van der Waals surface area contributed by atoms with Crippen molar-refractivity contribution in [3.05, 3.63) is 24.3 Å². The number of hydrogen-bond acceptors (Lipinski definition) is 10. The smallest absolute Gasteiger partial charge is 0.303 e. The summed E-state index contributed by atoms with van der Waals surface area (Å²) in [5.74, 6) is -4.02. The third-order valence-corrected chi connectivity index (χ3v) is 3.94. The Morgan fingerprint density at radius 2 is 1.34 bits per heavy atom. The van der Waals surface area contributed by atoms with Crippen LogP contribution in [-0.2, 0) is 42.9 Å². The minimum absolute atomic E-state index is 0.378. The van der Waals surface area contributed by atoms with E-state index in [0.29, 0.717) is 5.69 Å². The van der Waals surface area contributed by atoms with Crippen molar-refractivity contribution in [2.24, 2.45) is 0 Å². The SMILES string of the molecule is CC(=O)OC[C@@H](OC(C)=O)[C@H](OC(C)=O)[C@H](OC(C)=O)C(=O)Nc1ccc(N(C)C)cc1. The first-order valence-electron chi connectivity index (χ1n) is 9.64. The van der Waals surface area contributed by atoms with Crippen LogP contribution in [0.25, 0.3) is 0 Å². The highest BCUT2D eigenvalue weighted by atomic mass is 16.6. The maximum atomic E-state index is 13.0. The zero-order valence-electron chi connectivity index (χ0n) is 18.9. The van der Waals surface area contributed by atoms with E-state index in [1.54, 1.807) is 24.3 Å². The second kappa shape index (κ2) is 12.3. The van der Waals surface area contributed by atoms with Crippen LogP contribution in [0, 0.1) is 0 Å². The molecule has 0 radical (unpaired) electrons. The molecule has 0 aromatic heterocycles. The fourth-order valence-corrected chi connectivity index (χ4v) is 2.64. The first-order valence-corrected chi connectivity index (χ1v) is 9.64. The minimum atomic E-state index is -1.70. The molecule has 11 nitrogen and oxygen atoms in total. The highest BCUT2D eigenvalue weighted by Gasteiger charge is 2.42. The molecule has 176 valence electrons. The normalized spacial score (nSPS) is 13.1. The van der Waals surface area contributed by atoms with Gasteiger partial charge in [0.05, 0.1) is 0 Å². The van der Waals surface area contributed by atoms with Gasteiger partial charge in [0.2, 0.25) is 6.10 Å². The summed E-state index contributed by atoms with van der Waals surface area (Å²) in [5.41, 5.74) is 1.26. The molecule has 0 spiro atoms. The average Bonchev–Trinajstić information content (AvgIpc) is 2.67. The van der Waals surface area contributed by atoms with Crippen molar-refractivity contribution in [1.82, 2.24) is 0 Å². The lowest BCUT2D eigenvalue weighted by molar-refractivity contribution is -0.190. The van der Waals surface area contributed by atoms with E-state index in [4.69, 9.17) is 18.9 Å². The lowest BCUT2D eigenvalue weighted by Gasteiger charge is -2.30. The van der Waals surface area contributed by atoms with Gasteiger partial charge in [-0.3, -0.25) is 24.0 Å². The largest absolute Gasteiger partial charge is 0.462 e. The third-order valence-electron chi connectivity index (χ3n) is 3.94. The molecule has 11 heteroatoms. The molecule has 1 amide bonds. The van der Waals surface area contributed by atoms with Crippen molar-refractivity contribution >= 4 is 41.2 Å². The second-order valence-electron chi connectivity index (χ2n) is 6.99. The van der Waals surface area contributed by atoms with Gasteiger partial charge < -0.3 is 29.2 Å². The van der Waals surface area contributed by atoms with Crippen LogP contribution in [0.4, 0.5) is 11.4 Å². The van der Waals surface area contributed by atoms with Crippen molar-refractivity contribution < 1.29 is 42.9 Å². The van der Waals surface area contributed by atoms with Crippen molar-refractivity contribution in [3.8, 4) is 0 Å². The standard InChI is InChI=1S/C21H28N2O9/c1-12(24)29-11-18(30-13(2)25)19(31-14(3)26)20(32-15(4)27)21(28)22-16-7-9-17(10-8-16)23(5)6/h7-10,18-20H,11H2,1-6H3,(H,22,28)/t18-,19+,20+/m1/s1. The van der Waals surface area contributed by atoms with Crippen molar-refractivity contribution in [2.45, 2.75) is 46.0 Å². The summed E-state index contributed by atoms with van der Waals surface area (Å²) >= 11 is 0. The molecule has 1 rings (SSSR count). The van der Waals surface area contributed by atoms with E-state index in [2.05, 4.69) is 5.32 Å². The molecule has 0 aliphatic carbocycles. The zero-order chi connectivity index (χ0) is 24.4. The number of rotatable bonds is 10. The van der Waals surface area contributed by atoms with Gasteiger partial charge in [0, 0.05) is 53.2 Å². The Kier molecular flexibility index (Phi) is 10.1. The first kappa shape index (κ1) is 26.4. The fourth-order valence-electron chi connectivity index (χ4n) is 2.64. The van der Waals surface area contributed by atoms with Crippen molar-refractivity contribution in [1.29, 1.82) is 0 Å². The van der Waals surface area contributed by atoms with Crippen LogP contribution < -0.4 is 10.2 Å². The van der Waals surface area contributed by atoms with Gasteiger partial charge in [-0.15, -0.1) is 0 Å². The molecule has 32 heavy (non-hydrogen) atoms. The van der Waals surface area contributed by atoms with Gasteiger partial charge in [0.25, 0.3) is 5.91 Å². The number of esters is 4. The Balaban J connectivity index is 3.26. The zero-order valence-corrected chi connectivity index (χ0v) is 18.9. The maximum Gasteiger partial charge on any atom is 0.303 e. The number of nitrogens with zero attached hydrogens (tertiary/aromatic N) is 1. The van der Waals surface area contributed by atoms with E-state index >= 15 is 0 Å². The lowest BCUT2D eigenvalue weighted by Crippen LogP contribution is -2.52. The number of anilines is 2. The van der Waals surface area contributed by atoms with Crippen molar-refractivity contribution in [3.63, 3.8) is 0 Å². The van der Waals surface area contributed by atoms with Gasteiger partial charge in [0.15, 0.2) is 12.2 Å². The van der Waals surface area contributed by atoms with Gasteiger partial charge in [-0.25, -0.2) is 0 Å². The summed E-state index contributed by atoms with van der Waals surface area (Å²) in [6.07, 6.45) is -4.70. The van der Waals surface area contributed by atoms with Crippen molar-refractivity contribution in [2.75, 3.05) is 30.9 Å². The van der Waals surface area contributed by atoms with Gasteiger partial charge in [-0.2, -0.15) is 0 Å². The predicted octanol–water partition coefficient (Wildman–Crippen LogP) is 1.05. The molecule has 0 fully saturated rings. The number of nitrogens with one attached hydrogen (secondary N) is 1. The van der Waals surface area contributed by atoms with Crippen LogP contribution in [0.2, 0.25) is 0 Å². The van der Waals surface area contributed by atoms with Crippen LogP contribution in [0.5, 0.6) is 0 Å². The summed E-state index contributed by atoms with van der Waals surface area (Å²) in [7, 11) is 3.71. The number of carbonyl (C=O) groups is 5.